The topological polar surface area (TPSA) is 48.2 Å². The number of hydrogen-bond acceptors (Lipinski definition) is 3. The van der Waals surface area contributed by atoms with Gasteiger partial charge in [0.05, 0.1) is 5.69 Å². The maximum absolute atomic E-state index is 8.71. The van der Waals surface area contributed by atoms with Gasteiger partial charge in [-0.05, 0) is 18.6 Å². The van der Waals surface area contributed by atoms with Gasteiger partial charge in [0.25, 0.3) is 0 Å². The SMILES string of the molecule is CCC/C(C#N)=N\Nc1ccccc1. The minimum atomic E-state index is 0.538. The highest BCUT2D eigenvalue weighted by molar-refractivity contribution is 5.98. The monoisotopic (exact) mass is 187 g/mol. The summed E-state index contributed by atoms with van der Waals surface area (Å²) in [6.45, 7) is 2.02. The van der Waals surface area contributed by atoms with E-state index in [2.05, 4.69) is 16.6 Å². The predicted molar refractivity (Wildman–Crippen MR) is 58.0 cm³/mol. The largest absolute Gasteiger partial charge is 0.278 e. The maximum atomic E-state index is 8.71. The van der Waals surface area contributed by atoms with Crippen LogP contribution in [0.5, 0.6) is 0 Å². The summed E-state index contributed by atoms with van der Waals surface area (Å²) in [6.07, 6.45) is 1.65. The highest BCUT2D eigenvalue weighted by atomic mass is 15.3. The first-order valence-electron chi connectivity index (χ1n) is 4.64. The molecule has 3 nitrogen and oxygen atoms in total. The van der Waals surface area contributed by atoms with Gasteiger partial charge in [-0.3, -0.25) is 5.43 Å². The molecule has 14 heavy (non-hydrogen) atoms. The van der Waals surface area contributed by atoms with Crippen molar-refractivity contribution in [3.63, 3.8) is 0 Å². The van der Waals surface area contributed by atoms with Crippen LogP contribution >= 0.6 is 0 Å². The molecule has 3 heteroatoms. The van der Waals surface area contributed by atoms with Crippen LogP contribution < -0.4 is 5.43 Å². The first-order valence-corrected chi connectivity index (χ1v) is 4.64. The molecule has 0 aliphatic heterocycles. The smallest absolute Gasteiger partial charge is 0.137 e. The molecule has 0 bridgehead atoms. The molecule has 1 aromatic rings. The Balaban J connectivity index is 2.58. The van der Waals surface area contributed by atoms with E-state index in [0.717, 1.165) is 18.5 Å². The summed E-state index contributed by atoms with van der Waals surface area (Å²) in [6, 6.07) is 11.7. The van der Waals surface area contributed by atoms with Crippen LogP contribution in [0.4, 0.5) is 5.69 Å². The molecule has 0 spiro atoms. The van der Waals surface area contributed by atoms with Crippen molar-refractivity contribution in [2.24, 2.45) is 5.10 Å². The molecule has 0 saturated carbocycles. The Bertz CT molecular complexity index is 335. The lowest BCUT2D eigenvalue weighted by atomic mass is 10.2. The Morgan fingerprint density at radius 1 is 1.43 bits per heavy atom. The minimum Gasteiger partial charge on any atom is -0.278 e. The number of para-hydroxylation sites is 1. The number of rotatable bonds is 4. The Morgan fingerprint density at radius 3 is 2.71 bits per heavy atom. The van der Waals surface area contributed by atoms with Crippen LogP contribution in [-0.2, 0) is 0 Å². The second kappa shape index (κ2) is 5.76. The van der Waals surface area contributed by atoms with E-state index in [9.17, 15) is 0 Å². The number of hydrogen-bond donors (Lipinski definition) is 1. The number of hydrazone groups is 1. The van der Waals surface area contributed by atoms with E-state index in [1.807, 2.05) is 37.3 Å². The van der Waals surface area contributed by atoms with Gasteiger partial charge in [-0.1, -0.05) is 25.1 Å². The zero-order chi connectivity index (χ0) is 10.2. The zero-order valence-corrected chi connectivity index (χ0v) is 8.20. The fraction of sp³-hybridized carbons (Fsp3) is 0.273. The average molecular weight is 187 g/mol. The number of nitriles is 1. The van der Waals surface area contributed by atoms with Crippen molar-refractivity contribution in [3.05, 3.63) is 30.3 Å². The Labute approximate surface area is 84.1 Å². The van der Waals surface area contributed by atoms with E-state index >= 15 is 0 Å². The summed E-state index contributed by atoms with van der Waals surface area (Å²) < 4.78 is 0. The lowest BCUT2D eigenvalue weighted by Crippen LogP contribution is -1.98. The van der Waals surface area contributed by atoms with E-state index in [-0.39, 0.29) is 0 Å². The molecule has 0 unspecified atom stereocenters. The summed E-state index contributed by atoms with van der Waals surface area (Å²) >= 11 is 0. The van der Waals surface area contributed by atoms with Crippen molar-refractivity contribution < 1.29 is 0 Å². The fourth-order valence-corrected chi connectivity index (χ4v) is 1.02. The normalized spacial score (nSPS) is 10.7. The van der Waals surface area contributed by atoms with Crippen molar-refractivity contribution in [2.75, 3.05) is 5.43 Å². The molecule has 0 heterocycles. The van der Waals surface area contributed by atoms with Crippen LogP contribution in [0.15, 0.2) is 35.4 Å². The summed E-state index contributed by atoms with van der Waals surface area (Å²) in [5.41, 5.74) is 4.28. The molecule has 1 aromatic carbocycles. The second-order valence-corrected chi connectivity index (χ2v) is 2.90. The summed E-state index contributed by atoms with van der Waals surface area (Å²) in [5.74, 6) is 0. The lowest BCUT2D eigenvalue weighted by molar-refractivity contribution is 0.992. The standard InChI is InChI=1S/C11H13N3/c1-2-6-11(9-12)14-13-10-7-4-3-5-8-10/h3-5,7-8,13H,2,6H2,1H3/b14-11+. The Hall–Kier alpha value is -1.82. The van der Waals surface area contributed by atoms with Crippen LogP contribution in [0.3, 0.4) is 0 Å². The van der Waals surface area contributed by atoms with Crippen molar-refractivity contribution in [3.8, 4) is 6.07 Å². The molecular formula is C11H13N3. The lowest BCUT2D eigenvalue weighted by Gasteiger charge is -1.99. The highest BCUT2D eigenvalue weighted by Crippen LogP contribution is 2.04. The van der Waals surface area contributed by atoms with Gasteiger partial charge < -0.3 is 0 Å². The number of nitrogens with zero attached hydrogens (tertiary/aromatic N) is 2. The van der Waals surface area contributed by atoms with Gasteiger partial charge in [-0.25, -0.2) is 0 Å². The summed E-state index contributed by atoms with van der Waals surface area (Å²) in [4.78, 5) is 0. The van der Waals surface area contributed by atoms with Crippen molar-refractivity contribution in [1.82, 2.24) is 0 Å². The van der Waals surface area contributed by atoms with Crippen LogP contribution in [0.2, 0.25) is 0 Å². The van der Waals surface area contributed by atoms with E-state index in [1.54, 1.807) is 0 Å². The van der Waals surface area contributed by atoms with Crippen LogP contribution in [0.1, 0.15) is 19.8 Å². The minimum absolute atomic E-state index is 0.538. The first-order chi connectivity index (χ1) is 6.86. The molecule has 0 amide bonds. The molecule has 0 saturated heterocycles. The fourth-order valence-electron chi connectivity index (χ4n) is 1.02. The van der Waals surface area contributed by atoms with E-state index in [1.165, 1.54) is 0 Å². The van der Waals surface area contributed by atoms with Crippen LogP contribution in [0.25, 0.3) is 0 Å². The Morgan fingerprint density at radius 2 is 2.14 bits per heavy atom. The Kier molecular flexibility index (Phi) is 4.22. The molecule has 1 N–H and O–H groups in total. The van der Waals surface area contributed by atoms with Gasteiger partial charge in [0.1, 0.15) is 11.8 Å². The zero-order valence-electron chi connectivity index (χ0n) is 8.20. The van der Waals surface area contributed by atoms with Gasteiger partial charge >= 0.3 is 0 Å². The molecule has 72 valence electrons. The average Bonchev–Trinajstić information content (AvgIpc) is 2.25. The van der Waals surface area contributed by atoms with E-state index in [4.69, 9.17) is 5.26 Å². The molecule has 1 rings (SSSR count). The highest BCUT2D eigenvalue weighted by Gasteiger charge is 1.94. The van der Waals surface area contributed by atoms with E-state index < -0.39 is 0 Å². The van der Waals surface area contributed by atoms with Gasteiger partial charge in [0.15, 0.2) is 0 Å². The molecule has 0 aromatic heterocycles. The van der Waals surface area contributed by atoms with Gasteiger partial charge in [-0.2, -0.15) is 10.4 Å². The van der Waals surface area contributed by atoms with Crippen LogP contribution in [0, 0.1) is 11.3 Å². The molecule has 0 radical (unpaired) electrons. The predicted octanol–water partition coefficient (Wildman–Crippen LogP) is 2.78. The quantitative estimate of drug-likeness (QED) is 0.582. The van der Waals surface area contributed by atoms with Crippen molar-refractivity contribution in [1.29, 1.82) is 5.26 Å². The summed E-state index contributed by atoms with van der Waals surface area (Å²) in [5, 5.41) is 12.7. The van der Waals surface area contributed by atoms with Gasteiger partial charge in [0.2, 0.25) is 0 Å². The third-order valence-corrected chi connectivity index (χ3v) is 1.71. The number of benzene rings is 1. The van der Waals surface area contributed by atoms with Gasteiger partial charge in [0, 0.05) is 6.42 Å². The molecule has 0 atom stereocenters. The van der Waals surface area contributed by atoms with Crippen molar-refractivity contribution in [2.45, 2.75) is 19.8 Å². The molecular weight excluding hydrogens is 174 g/mol. The molecule has 0 aliphatic rings. The third kappa shape index (κ3) is 3.28. The van der Waals surface area contributed by atoms with Crippen LogP contribution in [-0.4, -0.2) is 5.71 Å². The number of nitrogens with one attached hydrogen (secondary N) is 1. The molecule has 0 fully saturated rings. The third-order valence-electron chi connectivity index (χ3n) is 1.71. The maximum Gasteiger partial charge on any atom is 0.137 e. The van der Waals surface area contributed by atoms with Gasteiger partial charge in [-0.15, -0.1) is 0 Å². The summed E-state index contributed by atoms with van der Waals surface area (Å²) in [7, 11) is 0. The van der Waals surface area contributed by atoms with E-state index in [0.29, 0.717) is 5.71 Å². The second-order valence-electron chi connectivity index (χ2n) is 2.90. The molecule has 0 aliphatic carbocycles. The number of anilines is 1. The first kappa shape index (κ1) is 10.3. The van der Waals surface area contributed by atoms with Crippen molar-refractivity contribution >= 4 is 11.4 Å².